The van der Waals surface area contributed by atoms with Crippen LogP contribution in [0.1, 0.15) is 5.56 Å². The van der Waals surface area contributed by atoms with Crippen LogP contribution < -0.4 is 4.74 Å². The molecule has 2 nitrogen and oxygen atoms in total. The van der Waals surface area contributed by atoms with Gasteiger partial charge in [0.15, 0.2) is 0 Å². The molecule has 0 aliphatic heterocycles. The molecule has 0 heterocycles. The Bertz CT molecular complexity index is 637. The second-order valence-electron chi connectivity index (χ2n) is 3.43. The minimum atomic E-state index is -0.344. The number of nitrogens with zero attached hydrogens (tertiary/aromatic N) is 1. The SMILES string of the molecule is N#Cc1ccc(Oc2ccc(F)c(Br)c2)cc1Br. The summed E-state index contributed by atoms with van der Waals surface area (Å²) in [6, 6.07) is 11.5. The van der Waals surface area contributed by atoms with Crippen LogP contribution in [0.15, 0.2) is 45.3 Å². The Balaban J connectivity index is 2.26. The third-order valence-electron chi connectivity index (χ3n) is 2.19. The Hall–Kier alpha value is -1.38. The van der Waals surface area contributed by atoms with Crippen molar-refractivity contribution in [3.63, 3.8) is 0 Å². The zero-order valence-electron chi connectivity index (χ0n) is 8.95. The fourth-order valence-electron chi connectivity index (χ4n) is 1.33. The number of hydrogen-bond acceptors (Lipinski definition) is 2. The third kappa shape index (κ3) is 2.89. The van der Waals surface area contributed by atoms with Gasteiger partial charge in [-0.25, -0.2) is 4.39 Å². The van der Waals surface area contributed by atoms with Crippen LogP contribution in [0.25, 0.3) is 0 Å². The molecular formula is C13H6Br2FNO. The molecule has 2 rings (SSSR count). The Kier molecular flexibility index (Phi) is 4.00. The molecule has 0 fully saturated rings. The summed E-state index contributed by atoms with van der Waals surface area (Å²) in [6.07, 6.45) is 0. The van der Waals surface area contributed by atoms with Crippen molar-refractivity contribution in [3.05, 3.63) is 56.7 Å². The third-order valence-corrected chi connectivity index (χ3v) is 3.45. The average molecular weight is 371 g/mol. The normalized spacial score (nSPS) is 9.89. The predicted octanol–water partition coefficient (Wildman–Crippen LogP) is 5.01. The molecule has 0 saturated heterocycles. The minimum Gasteiger partial charge on any atom is -0.457 e. The summed E-state index contributed by atoms with van der Waals surface area (Å²) in [5.74, 6) is 0.739. The Labute approximate surface area is 120 Å². The first-order valence-corrected chi connectivity index (χ1v) is 6.51. The van der Waals surface area contributed by atoms with Gasteiger partial charge in [-0.15, -0.1) is 0 Å². The summed E-state index contributed by atoms with van der Waals surface area (Å²) in [5, 5.41) is 8.80. The van der Waals surface area contributed by atoms with E-state index in [0.29, 0.717) is 26.0 Å². The smallest absolute Gasteiger partial charge is 0.137 e. The van der Waals surface area contributed by atoms with Crippen molar-refractivity contribution in [2.75, 3.05) is 0 Å². The lowest BCUT2D eigenvalue weighted by Crippen LogP contribution is -1.87. The van der Waals surface area contributed by atoms with Gasteiger partial charge in [-0.05, 0) is 68.3 Å². The fraction of sp³-hybridized carbons (Fsp3) is 0. The highest BCUT2D eigenvalue weighted by Gasteiger charge is 2.05. The monoisotopic (exact) mass is 369 g/mol. The molecule has 18 heavy (non-hydrogen) atoms. The van der Waals surface area contributed by atoms with Gasteiger partial charge >= 0.3 is 0 Å². The quantitative estimate of drug-likeness (QED) is 0.743. The molecule has 0 atom stereocenters. The van der Waals surface area contributed by atoms with Gasteiger partial charge < -0.3 is 4.74 Å². The lowest BCUT2D eigenvalue weighted by molar-refractivity contribution is 0.479. The van der Waals surface area contributed by atoms with Gasteiger partial charge in [-0.2, -0.15) is 5.26 Å². The highest BCUT2D eigenvalue weighted by molar-refractivity contribution is 9.10. The molecule has 0 aliphatic carbocycles. The van der Waals surface area contributed by atoms with Crippen molar-refractivity contribution in [2.24, 2.45) is 0 Å². The average Bonchev–Trinajstić information content (AvgIpc) is 2.34. The van der Waals surface area contributed by atoms with Crippen LogP contribution in [0, 0.1) is 17.1 Å². The molecule has 0 aliphatic rings. The molecule has 0 aromatic heterocycles. The molecule has 90 valence electrons. The van der Waals surface area contributed by atoms with Gasteiger partial charge in [0.05, 0.1) is 10.0 Å². The maximum absolute atomic E-state index is 13.1. The van der Waals surface area contributed by atoms with E-state index in [4.69, 9.17) is 10.00 Å². The van der Waals surface area contributed by atoms with Crippen molar-refractivity contribution in [1.82, 2.24) is 0 Å². The van der Waals surface area contributed by atoms with Crippen molar-refractivity contribution in [1.29, 1.82) is 5.26 Å². The summed E-state index contributed by atoms with van der Waals surface area (Å²) in [4.78, 5) is 0. The van der Waals surface area contributed by atoms with E-state index >= 15 is 0 Å². The lowest BCUT2D eigenvalue weighted by atomic mass is 10.2. The van der Waals surface area contributed by atoms with Crippen LogP contribution >= 0.6 is 31.9 Å². The highest BCUT2D eigenvalue weighted by Crippen LogP contribution is 2.29. The molecule has 0 amide bonds. The van der Waals surface area contributed by atoms with E-state index in [1.54, 1.807) is 24.3 Å². The predicted molar refractivity (Wildman–Crippen MR) is 73.0 cm³/mol. The number of hydrogen-bond donors (Lipinski definition) is 0. The number of halogens is 3. The first-order valence-electron chi connectivity index (χ1n) is 4.92. The molecule has 0 bridgehead atoms. The molecule has 2 aromatic rings. The van der Waals surface area contributed by atoms with Gasteiger partial charge in [-0.3, -0.25) is 0 Å². The first-order chi connectivity index (χ1) is 8.60. The largest absolute Gasteiger partial charge is 0.457 e. The topological polar surface area (TPSA) is 33.0 Å². The van der Waals surface area contributed by atoms with E-state index in [1.165, 1.54) is 12.1 Å². The van der Waals surface area contributed by atoms with Crippen LogP contribution in [0.3, 0.4) is 0 Å². The zero-order chi connectivity index (χ0) is 13.1. The van der Waals surface area contributed by atoms with Crippen molar-refractivity contribution in [2.45, 2.75) is 0 Å². The second kappa shape index (κ2) is 5.51. The number of benzene rings is 2. The standard InChI is InChI=1S/C13H6Br2FNO/c14-11-5-9(2-1-8(11)7-17)18-10-3-4-13(16)12(15)6-10/h1-6H. The van der Waals surface area contributed by atoms with Crippen LogP contribution in [0.4, 0.5) is 4.39 Å². The minimum absolute atomic E-state index is 0.340. The maximum Gasteiger partial charge on any atom is 0.137 e. The van der Waals surface area contributed by atoms with E-state index in [-0.39, 0.29) is 5.82 Å². The summed E-state index contributed by atoms with van der Waals surface area (Å²) in [7, 11) is 0. The number of rotatable bonds is 2. The van der Waals surface area contributed by atoms with Crippen molar-refractivity contribution < 1.29 is 9.13 Å². The summed E-state index contributed by atoms with van der Waals surface area (Å²) < 4.78 is 19.6. The Morgan fingerprint density at radius 3 is 2.17 bits per heavy atom. The van der Waals surface area contributed by atoms with Crippen LogP contribution in [0.5, 0.6) is 11.5 Å². The Morgan fingerprint density at radius 1 is 1.00 bits per heavy atom. The van der Waals surface area contributed by atoms with E-state index < -0.39 is 0 Å². The summed E-state index contributed by atoms with van der Waals surface area (Å²) in [5.41, 5.74) is 0.530. The molecular weight excluding hydrogens is 365 g/mol. The molecule has 0 radical (unpaired) electrons. The molecule has 0 unspecified atom stereocenters. The molecule has 2 aromatic carbocycles. The maximum atomic E-state index is 13.1. The molecule has 0 N–H and O–H groups in total. The van der Waals surface area contributed by atoms with Crippen LogP contribution in [0.2, 0.25) is 0 Å². The van der Waals surface area contributed by atoms with Gasteiger partial charge in [-0.1, -0.05) is 0 Å². The number of nitriles is 1. The number of ether oxygens (including phenoxy) is 1. The second-order valence-corrected chi connectivity index (χ2v) is 5.14. The van der Waals surface area contributed by atoms with Gasteiger partial charge in [0, 0.05) is 4.47 Å². The molecule has 0 spiro atoms. The van der Waals surface area contributed by atoms with Gasteiger partial charge in [0.25, 0.3) is 0 Å². The van der Waals surface area contributed by atoms with Gasteiger partial charge in [0.1, 0.15) is 23.4 Å². The van der Waals surface area contributed by atoms with E-state index in [1.807, 2.05) is 6.07 Å². The lowest BCUT2D eigenvalue weighted by Gasteiger charge is -2.07. The van der Waals surface area contributed by atoms with Crippen LogP contribution in [-0.4, -0.2) is 0 Å². The van der Waals surface area contributed by atoms with Crippen molar-refractivity contribution in [3.8, 4) is 17.6 Å². The van der Waals surface area contributed by atoms with Gasteiger partial charge in [0.2, 0.25) is 0 Å². The first kappa shape index (κ1) is 13.1. The van der Waals surface area contributed by atoms with E-state index in [0.717, 1.165) is 0 Å². The summed E-state index contributed by atoms with van der Waals surface area (Å²) in [6.45, 7) is 0. The summed E-state index contributed by atoms with van der Waals surface area (Å²) >= 11 is 6.36. The highest BCUT2D eigenvalue weighted by atomic mass is 79.9. The molecule has 0 saturated carbocycles. The molecule has 5 heteroatoms. The van der Waals surface area contributed by atoms with E-state index in [9.17, 15) is 4.39 Å². The zero-order valence-corrected chi connectivity index (χ0v) is 12.1. The van der Waals surface area contributed by atoms with Crippen LogP contribution in [-0.2, 0) is 0 Å². The Morgan fingerprint density at radius 2 is 1.61 bits per heavy atom. The fourth-order valence-corrected chi connectivity index (χ4v) is 2.13. The van der Waals surface area contributed by atoms with Crippen molar-refractivity contribution >= 4 is 31.9 Å². The van der Waals surface area contributed by atoms with E-state index in [2.05, 4.69) is 31.9 Å².